The third kappa shape index (κ3) is 3.69. The molecule has 27 heavy (non-hydrogen) atoms. The lowest BCUT2D eigenvalue weighted by Gasteiger charge is -2.16. The Morgan fingerprint density at radius 3 is 2.89 bits per heavy atom. The zero-order valence-corrected chi connectivity index (χ0v) is 15.4. The summed E-state index contributed by atoms with van der Waals surface area (Å²) in [5.74, 6) is 0.381. The third-order valence-electron chi connectivity index (χ3n) is 4.06. The Morgan fingerprint density at radius 1 is 1.41 bits per heavy atom. The fourth-order valence-corrected chi connectivity index (χ4v) is 2.82. The number of nitriles is 1. The first-order chi connectivity index (χ1) is 12.9. The van der Waals surface area contributed by atoms with Crippen LogP contribution in [0.5, 0.6) is 0 Å². The molecular formula is C18H17ClN6O2. The molecule has 3 aromatic rings. The van der Waals surface area contributed by atoms with Gasteiger partial charge < -0.3 is 15.7 Å². The van der Waals surface area contributed by atoms with Crippen molar-refractivity contribution in [1.29, 1.82) is 5.26 Å². The number of benzene rings is 1. The highest BCUT2D eigenvalue weighted by Crippen LogP contribution is 2.28. The van der Waals surface area contributed by atoms with Gasteiger partial charge in [-0.15, -0.1) is 0 Å². The number of nitrogens with zero attached hydrogens (tertiary/aromatic N) is 4. The Kier molecular flexibility index (Phi) is 5.26. The van der Waals surface area contributed by atoms with E-state index < -0.39 is 5.69 Å². The molecule has 1 atom stereocenters. The molecule has 1 unspecified atom stereocenters. The van der Waals surface area contributed by atoms with Crippen LogP contribution in [0.2, 0.25) is 5.15 Å². The van der Waals surface area contributed by atoms with Crippen LogP contribution in [-0.2, 0) is 7.05 Å². The molecule has 3 rings (SSSR count). The van der Waals surface area contributed by atoms with Crippen LogP contribution in [0.1, 0.15) is 12.5 Å². The molecule has 2 aromatic heterocycles. The van der Waals surface area contributed by atoms with Crippen LogP contribution in [0, 0.1) is 11.3 Å². The second-order valence-corrected chi connectivity index (χ2v) is 6.38. The van der Waals surface area contributed by atoms with Crippen LogP contribution in [0.25, 0.3) is 10.9 Å². The first kappa shape index (κ1) is 18.6. The molecule has 8 nitrogen and oxygen atoms in total. The molecule has 138 valence electrons. The van der Waals surface area contributed by atoms with E-state index in [-0.39, 0.29) is 23.4 Å². The smallest absolute Gasteiger partial charge is 0.349 e. The average Bonchev–Trinajstić information content (AvgIpc) is 2.66. The molecule has 0 saturated carbocycles. The van der Waals surface area contributed by atoms with Crippen molar-refractivity contribution < 1.29 is 5.11 Å². The number of rotatable bonds is 5. The van der Waals surface area contributed by atoms with Crippen LogP contribution < -0.4 is 16.3 Å². The lowest BCUT2D eigenvalue weighted by molar-refractivity contribution is 0.281. The van der Waals surface area contributed by atoms with Crippen LogP contribution in [0.3, 0.4) is 0 Å². The van der Waals surface area contributed by atoms with Crippen molar-refractivity contribution in [3.8, 4) is 6.07 Å². The van der Waals surface area contributed by atoms with E-state index in [1.807, 2.05) is 12.1 Å². The number of hydrogen-bond donors (Lipinski definition) is 3. The molecule has 0 aliphatic heterocycles. The fraction of sp³-hybridized carbons (Fsp3) is 0.222. The normalized spacial score (nSPS) is 11.8. The standard InChI is InChI=1S/C18H17ClN6O2/c1-10(9-26)22-17-12-7-11(3-4-15(12)25(2)18(27)24-17)23-14-5-6-21-16(19)13(14)8-20/h3-7,10,26H,9H2,1-2H3,(H,21,23)(H,22,24,27). The largest absolute Gasteiger partial charge is 0.394 e. The van der Waals surface area contributed by atoms with Crippen LogP contribution in [0.4, 0.5) is 17.2 Å². The zero-order valence-electron chi connectivity index (χ0n) is 14.7. The summed E-state index contributed by atoms with van der Waals surface area (Å²) in [4.78, 5) is 20.1. The van der Waals surface area contributed by atoms with Gasteiger partial charge in [0, 0.05) is 30.4 Å². The van der Waals surface area contributed by atoms with Crippen molar-refractivity contribution in [2.75, 3.05) is 17.2 Å². The molecule has 0 fully saturated rings. The van der Waals surface area contributed by atoms with Gasteiger partial charge in [0.25, 0.3) is 0 Å². The molecule has 1 aromatic carbocycles. The van der Waals surface area contributed by atoms with E-state index >= 15 is 0 Å². The highest BCUT2D eigenvalue weighted by molar-refractivity contribution is 6.31. The van der Waals surface area contributed by atoms with E-state index in [9.17, 15) is 15.2 Å². The maximum absolute atomic E-state index is 12.1. The molecule has 0 aliphatic carbocycles. The van der Waals surface area contributed by atoms with Gasteiger partial charge in [-0.05, 0) is 31.2 Å². The van der Waals surface area contributed by atoms with E-state index in [1.165, 1.54) is 10.8 Å². The van der Waals surface area contributed by atoms with Crippen molar-refractivity contribution in [3.63, 3.8) is 0 Å². The molecule has 3 N–H and O–H groups in total. The number of aliphatic hydroxyl groups excluding tert-OH is 1. The lowest BCUT2D eigenvalue weighted by atomic mass is 10.1. The van der Waals surface area contributed by atoms with Crippen molar-refractivity contribution in [2.45, 2.75) is 13.0 Å². The summed E-state index contributed by atoms with van der Waals surface area (Å²) in [5.41, 5.74) is 1.73. The summed E-state index contributed by atoms with van der Waals surface area (Å²) in [6, 6.07) is 8.79. The fourth-order valence-electron chi connectivity index (χ4n) is 2.62. The Bertz CT molecular complexity index is 1110. The second-order valence-electron chi connectivity index (χ2n) is 6.02. The van der Waals surface area contributed by atoms with Crippen LogP contribution >= 0.6 is 11.6 Å². The van der Waals surface area contributed by atoms with Gasteiger partial charge in [0.15, 0.2) is 0 Å². The Morgan fingerprint density at radius 2 is 2.19 bits per heavy atom. The number of pyridine rings is 1. The Labute approximate surface area is 160 Å². The topological polar surface area (TPSA) is 116 Å². The maximum atomic E-state index is 12.1. The summed E-state index contributed by atoms with van der Waals surface area (Å²) < 4.78 is 1.44. The minimum atomic E-state index is -0.400. The van der Waals surface area contributed by atoms with Gasteiger partial charge in [0.1, 0.15) is 22.6 Å². The SMILES string of the molecule is CC(CO)Nc1nc(=O)n(C)c2ccc(Nc3ccnc(Cl)c3C#N)cc12. The summed E-state index contributed by atoms with van der Waals surface area (Å²) in [7, 11) is 1.64. The molecule has 2 heterocycles. The molecular weight excluding hydrogens is 368 g/mol. The number of halogens is 1. The van der Waals surface area contributed by atoms with Crippen LogP contribution in [-0.4, -0.2) is 32.3 Å². The van der Waals surface area contributed by atoms with E-state index in [0.717, 1.165) is 0 Å². The van der Waals surface area contributed by atoms with Crippen molar-refractivity contribution in [2.24, 2.45) is 7.05 Å². The highest BCUT2D eigenvalue weighted by atomic mass is 35.5. The van der Waals surface area contributed by atoms with E-state index in [4.69, 9.17) is 11.6 Å². The van der Waals surface area contributed by atoms with Gasteiger partial charge in [0.2, 0.25) is 0 Å². The number of nitrogens with one attached hydrogen (secondary N) is 2. The average molecular weight is 385 g/mol. The minimum Gasteiger partial charge on any atom is -0.394 e. The quantitative estimate of drug-likeness (QED) is 0.578. The maximum Gasteiger partial charge on any atom is 0.349 e. The van der Waals surface area contributed by atoms with Crippen molar-refractivity contribution in [1.82, 2.24) is 14.5 Å². The summed E-state index contributed by atoms with van der Waals surface area (Å²) in [6.07, 6.45) is 1.51. The number of aromatic nitrogens is 3. The zero-order chi connectivity index (χ0) is 19.6. The predicted molar refractivity (Wildman–Crippen MR) is 104 cm³/mol. The number of aliphatic hydroxyl groups is 1. The highest BCUT2D eigenvalue weighted by Gasteiger charge is 2.13. The summed E-state index contributed by atoms with van der Waals surface area (Å²) in [6.45, 7) is 1.68. The Balaban J connectivity index is 2.10. The molecule has 0 amide bonds. The second kappa shape index (κ2) is 7.61. The number of hydrogen-bond acceptors (Lipinski definition) is 7. The van der Waals surface area contributed by atoms with Gasteiger partial charge in [-0.25, -0.2) is 9.78 Å². The molecule has 9 heteroatoms. The van der Waals surface area contributed by atoms with Crippen LogP contribution in [0.15, 0.2) is 35.3 Å². The number of anilines is 3. The first-order valence-corrected chi connectivity index (χ1v) is 8.52. The van der Waals surface area contributed by atoms with Crippen molar-refractivity contribution >= 4 is 39.7 Å². The van der Waals surface area contributed by atoms with E-state index in [0.29, 0.717) is 28.1 Å². The van der Waals surface area contributed by atoms with E-state index in [1.54, 1.807) is 32.2 Å². The van der Waals surface area contributed by atoms with Gasteiger partial charge in [-0.1, -0.05) is 11.6 Å². The molecule has 0 bridgehead atoms. The molecule has 0 radical (unpaired) electrons. The van der Waals surface area contributed by atoms with Gasteiger partial charge in [-0.3, -0.25) is 4.57 Å². The van der Waals surface area contributed by atoms with Gasteiger partial charge >= 0.3 is 5.69 Å². The first-order valence-electron chi connectivity index (χ1n) is 8.14. The Hall–Kier alpha value is -3.15. The third-order valence-corrected chi connectivity index (χ3v) is 4.35. The number of fused-ring (bicyclic) bond motifs is 1. The summed E-state index contributed by atoms with van der Waals surface area (Å²) in [5, 5.41) is 25.6. The monoisotopic (exact) mass is 384 g/mol. The molecule has 0 saturated heterocycles. The van der Waals surface area contributed by atoms with Gasteiger partial charge in [-0.2, -0.15) is 10.2 Å². The molecule has 0 spiro atoms. The summed E-state index contributed by atoms with van der Waals surface area (Å²) >= 11 is 5.97. The van der Waals surface area contributed by atoms with E-state index in [2.05, 4.69) is 20.6 Å². The van der Waals surface area contributed by atoms with Gasteiger partial charge in [0.05, 0.1) is 17.8 Å². The molecule has 0 aliphatic rings. The predicted octanol–water partition coefficient (Wildman–Crippen LogP) is 2.39. The van der Waals surface area contributed by atoms with Crippen molar-refractivity contribution in [3.05, 3.63) is 51.7 Å². The minimum absolute atomic E-state index is 0.0998. The number of aryl methyl sites for hydroxylation is 1. The lowest BCUT2D eigenvalue weighted by Crippen LogP contribution is -2.26.